The molecule has 0 N–H and O–H groups in total. The van der Waals surface area contributed by atoms with Crippen LogP contribution in [-0.4, -0.2) is 74.0 Å². The number of hydrogen-bond donors (Lipinski definition) is 0. The van der Waals surface area contributed by atoms with Crippen LogP contribution in [0.25, 0.3) is 0 Å². The van der Waals surface area contributed by atoms with E-state index in [0.29, 0.717) is 58.0 Å². The van der Waals surface area contributed by atoms with Crippen LogP contribution in [0.3, 0.4) is 0 Å². The molecule has 2 amide bonds. The van der Waals surface area contributed by atoms with Gasteiger partial charge in [0.05, 0.1) is 5.69 Å². The maximum atomic E-state index is 14.0. The minimum Gasteiger partial charge on any atom is -0.368 e. The Morgan fingerprint density at radius 3 is 1.66 bits per heavy atom. The van der Waals surface area contributed by atoms with E-state index in [1.165, 1.54) is 6.07 Å². The number of nitrogens with zero attached hydrogens (tertiary/aromatic N) is 4. The first-order valence-corrected chi connectivity index (χ1v) is 10.0. The molecule has 2 fully saturated rings. The number of hydrogen-bond acceptors (Lipinski definition) is 4. The van der Waals surface area contributed by atoms with Gasteiger partial charge in [-0.1, -0.05) is 30.3 Å². The molecule has 7 heteroatoms. The average molecular weight is 396 g/mol. The van der Waals surface area contributed by atoms with Crippen molar-refractivity contribution in [1.82, 2.24) is 9.80 Å². The summed E-state index contributed by atoms with van der Waals surface area (Å²) in [6, 6.07) is 16.7. The lowest BCUT2D eigenvalue weighted by atomic mass is 10.2. The van der Waals surface area contributed by atoms with Gasteiger partial charge >= 0.3 is 11.8 Å². The Kier molecular flexibility index (Phi) is 5.64. The molecule has 2 aliphatic rings. The van der Waals surface area contributed by atoms with Gasteiger partial charge in [0.25, 0.3) is 0 Å². The van der Waals surface area contributed by atoms with Gasteiger partial charge in [0.15, 0.2) is 0 Å². The van der Waals surface area contributed by atoms with Crippen molar-refractivity contribution in [1.29, 1.82) is 0 Å². The fourth-order valence-corrected chi connectivity index (χ4v) is 3.94. The highest BCUT2D eigenvalue weighted by atomic mass is 19.1. The number of benzene rings is 2. The summed E-state index contributed by atoms with van der Waals surface area (Å²) in [7, 11) is 0. The summed E-state index contributed by atoms with van der Waals surface area (Å²) >= 11 is 0. The quantitative estimate of drug-likeness (QED) is 0.727. The van der Waals surface area contributed by atoms with E-state index in [4.69, 9.17) is 0 Å². The number of amides is 2. The molecule has 6 nitrogen and oxygen atoms in total. The van der Waals surface area contributed by atoms with Crippen LogP contribution in [0.15, 0.2) is 54.6 Å². The van der Waals surface area contributed by atoms with Crippen LogP contribution in [0.2, 0.25) is 0 Å². The van der Waals surface area contributed by atoms with Gasteiger partial charge in [-0.25, -0.2) is 4.39 Å². The topological polar surface area (TPSA) is 47.1 Å². The molecule has 0 unspecified atom stereocenters. The van der Waals surface area contributed by atoms with Crippen LogP contribution in [0.4, 0.5) is 15.8 Å². The Bertz CT molecular complexity index is 860. The van der Waals surface area contributed by atoms with Gasteiger partial charge in [0, 0.05) is 58.0 Å². The monoisotopic (exact) mass is 396 g/mol. The predicted octanol–water partition coefficient (Wildman–Crippen LogP) is 1.82. The lowest BCUT2D eigenvalue weighted by molar-refractivity contribution is -0.152. The summed E-state index contributed by atoms with van der Waals surface area (Å²) in [5.74, 6) is -1.15. The van der Waals surface area contributed by atoms with Crippen molar-refractivity contribution < 1.29 is 14.0 Å². The molecule has 2 aromatic carbocycles. The molecule has 0 atom stereocenters. The van der Waals surface area contributed by atoms with Crippen molar-refractivity contribution in [3.63, 3.8) is 0 Å². The highest BCUT2D eigenvalue weighted by Crippen LogP contribution is 2.20. The van der Waals surface area contributed by atoms with Gasteiger partial charge in [0.2, 0.25) is 0 Å². The van der Waals surface area contributed by atoms with E-state index in [-0.39, 0.29) is 5.82 Å². The summed E-state index contributed by atoms with van der Waals surface area (Å²) in [6.45, 7) is 4.37. The Hall–Kier alpha value is -3.09. The van der Waals surface area contributed by atoms with Gasteiger partial charge < -0.3 is 19.6 Å². The maximum absolute atomic E-state index is 14.0. The molecule has 0 aromatic heterocycles. The summed E-state index contributed by atoms with van der Waals surface area (Å²) in [4.78, 5) is 32.7. The molecule has 152 valence electrons. The Morgan fingerprint density at radius 1 is 0.621 bits per heavy atom. The molecular formula is C22H25FN4O2. The zero-order valence-electron chi connectivity index (χ0n) is 16.3. The van der Waals surface area contributed by atoms with Crippen molar-refractivity contribution in [2.45, 2.75) is 0 Å². The van der Waals surface area contributed by atoms with Gasteiger partial charge in [-0.05, 0) is 24.3 Å². The summed E-state index contributed by atoms with van der Waals surface area (Å²) < 4.78 is 14.0. The second-order valence-corrected chi connectivity index (χ2v) is 7.35. The normalized spacial score (nSPS) is 17.4. The van der Waals surface area contributed by atoms with E-state index < -0.39 is 11.8 Å². The van der Waals surface area contributed by atoms with Crippen LogP contribution >= 0.6 is 0 Å². The van der Waals surface area contributed by atoms with E-state index in [9.17, 15) is 14.0 Å². The molecule has 2 aliphatic heterocycles. The zero-order valence-corrected chi connectivity index (χ0v) is 16.3. The molecular weight excluding hydrogens is 371 g/mol. The molecule has 4 rings (SSSR count). The third-order valence-corrected chi connectivity index (χ3v) is 5.63. The number of anilines is 2. The summed E-state index contributed by atoms with van der Waals surface area (Å²) in [5, 5.41) is 0. The molecule has 29 heavy (non-hydrogen) atoms. The first-order chi connectivity index (χ1) is 14.1. The summed E-state index contributed by atoms with van der Waals surface area (Å²) in [6.07, 6.45) is 0. The molecule has 2 aromatic rings. The molecule has 0 radical (unpaired) electrons. The fraction of sp³-hybridized carbons (Fsp3) is 0.364. The van der Waals surface area contributed by atoms with Crippen LogP contribution in [0.5, 0.6) is 0 Å². The lowest BCUT2D eigenvalue weighted by Gasteiger charge is -2.38. The SMILES string of the molecule is O=C(C(=O)N1CCN(c2ccccc2F)CC1)N1CCN(c2ccccc2)CC1. The highest BCUT2D eigenvalue weighted by molar-refractivity contribution is 6.35. The Balaban J connectivity index is 1.29. The van der Waals surface area contributed by atoms with E-state index in [1.807, 2.05) is 23.1 Å². The standard InChI is InChI=1S/C22H25FN4O2/c23-19-8-4-5-9-20(19)25-12-16-27(17-13-25)22(29)21(28)26-14-10-24(11-15-26)18-6-2-1-3-7-18/h1-9H,10-17H2. The van der Waals surface area contributed by atoms with Crippen LogP contribution in [0.1, 0.15) is 0 Å². The first kappa shape index (κ1) is 19.2. The van der Waals surface area contributed by atoms with Crippen LogP contribution in [0, 0.1) is 5.82 Å². The minimum absolute atomic E-state index is 0.264. The molecule has 0 spiro atoms. The highest BCUT2D eigenvalue weighted by Gasteiger charge is 2.31. The molecule has 0 bridgehead atoms. The third kappa shape index (κ3) is 4.18. The van der Waals surface area contributed by atoms with Crippen molar-refractivity contribution in [2.75, 3.05) is 62.2 Å². The lowest BCUT2D eigenvalue weighted by Crippen LogP contribution is -2.56. The molecule has 0 saturated carbocycles. The van der Waals surface area contributed by atoms with E-state index in [2.05, 4.69) is 17.0 Å². The van der Waals surface area contributed by atoms with Crippen LogP contribution < -0.4 is 9.80 Å². The second-order valence-electron chi connectivity index (χ2n) is 7.35. The van der Waals surface area contributed by atoms with Gasteiger partial charge in [-0.15, -0.1) is 0 Å². The third-order valence-electron chi connectivity index (χ3n) is 5.63. The van der Waals surface area contributed by atoms with Crippen molar-refractivity contribution in [3.05, 3.63) is 60.4 Å². The van der Waals surface area contributed by atoms with Crippen molar-refractivity contribution in [3.8, 4) is 0 Å². The molecule has 2 heterocycles. The number of rotatable bonds is 2. The first-order valence-electron chi connectivity index (χ1n) is 10.0. The Labute approximate surface area is 170 Å². The number of carbonyl (C=O) groups excluding carboxylic acids is 2. The largest absolute Gasteiger partial charge is 0.368 e. The Morgan fingerprint density at radius 2 is 1.10 bits per heavy atom. The zero-order chi connectivity index (χ0) is 20.2. The van der Waals surface area contributed by atoms with Crippen LogP contribution in [-0.2, 0) is 9.59 Å². The second kappa shape index (κ2) is 8.51. The van der Waals surface area contributed by atoms with E-state index >= 15 is 0 Å². The molecule has 2 saturated heterocycles. The minimum atomic E-state index is -0.452. The van der Waals surface area contributed by atoms with E-state index in [1.54, 1.807) is 28.0 Å². The van der Waals surface area contributed by atoms with Gasteiger partial charge in [-0.3, -0.25) is 9.59 Å². The van der Waals surface area contributed by atoms with Gasteiger partial charge in [-0.2, -0.15) is 0 Å². The number of halogens is 1. The maximum Gasteiger partial charge on any atom is 0.312 e. The fourth-order valence-electron chi connectivity index (χ4n) is 3.94. The van der Waals surface area contributed by atoms with Crippen molar-refractivity contribution >= 4 is 23.2 Å². The number of piperazine rings is 2. The van der Waals surface area contributed by atoms with Gasteiger partial charge in [0.1, 0.15) is 5.82 Å². The molecule has 0 aliphatic carbocycles. The van der Waals surface area contributed by atoms with Crippen molar-refractivity contribution in [2.24, 2.45) is 0 Å². The number of para-hydroxylation sites is 2. The predicted molar refractivity (Wildman–Crippen MR) is 110 cm³/mol. The smallest absolute Gasteiger partial charge is 0.312 e. The average Bonchev–Trinajstić information content (AvgIpc) is 2.79. The number of carbonyl (C=O) groups is 2. The van der Waals surface area contributed by atoms with E-state index in [0.717, 1.165) is 5.69 Å². The summed E-state index contributed by atoms with van der Waals surface area (Å²) in [5.41, 5.74) is 1.68.